The zero-order chi connectivity index (χ0) is 53.3. The highest BCUT2D eigenvalue weighted by Gasteiger charge is 2.83. The number of nitro groups is 3. The summed E-state index contributed by atoms with van der Waals surface area (Å²) in [6.45, 7) is 6.20. The van der Waals surface area contributed by atoms with Crippen LogP contribution in [0.2, 0.25) is 0 Å². The number of likely N-dealkylation sites (tertiary alicyclic amines) is 1. The Morgan fingerprint density at radius 2 is 1.23 bits per heavy atom. The van der Waals surface area contributed by atoms with Gasteiger partial charge in [-0.2, -0.15) is 4.48 Å². The Morgan fingerprint density at radius 1 is 0.781 bits per heavy atom. The summed E-state index contributed by atoms with van der Waals surface area (Å²) >= 11 is 1.06. The van der Waals surface area contributed by atoms with Crippen LogP contribution in [0, 0.1) is 35.8 Å². The van der Waals surface area contributed by atoms with Gasteiger partial charge in [0.05, 0.1) is 41.2 Å². The normalized spacial score (nSPS) is 19.8. The number of carbonyl (C=O) groups excluding carboxylic acids is 5. The SMILES string of the molecule is CCCOP(OCCC)(OCCC)=C(C(=O)OCc1ccc([N+](=O)[O-])cc1)[N+]1(C2CN(C(=O)OCc3ccc([N+](=O)[O-])cc3)CCO2)C(=O)C(C=C=O)(C(C)OC(=O)OCc2ccc([N+](=O)[O-])cc2)C1SCC. The number of quaternary nitrogens is 1. The fraction of sp³-hybridized carbons (Fsp3) is 0.468. The number of β-lactam (4-membered cyclic amide) rings is 1. The summed E-state index contributed by atoms with van der Waals surface area (Å²) in [5.41, 5.74) is -2.19. The Balaban J connectivity index is 1.70. The van der Waals surface area contributed by atoms with Gasteiger partial charge in [-0.15, -0.1) is 0 Å². The second-order valence-electron chi connectivity index (χ2n) is 16.4. The number of esters is 1. The Bertz CT molecular complexity index is 2550. The highest BCUT2D eigenvalue weighted by Crippen LogP contribution is 2.64. The predicted molar refractivity (Wildman–Crippen MR) is 262 cm³/mol. The zero-order valence-corrected chi connectivity index (χ0v) is 42.5. The molecule has 3 aromatic rings. The average Bonchev–Trinajstić information content (AvgIpc) is 3.39. The first kappa shape index (κ1) is 57.3. The van der Waals surface area contributed by atoms with Gasteiger partial charge in [-0.05, 0) is 85.0 Å². The van der Waals surface area contributed by atoms with Crippen LogP contribution >= 0.6 is 19.3 Å². The minimum absolute atomic E-state index is 0.0771. The first-order valence-corrected chi connectivity index (χ1v) is 25.8. The van der Waals surface area contributed by atoms with Crippen molar-refractivity contribution in [1.82, 2.24) is 4.90 Å². The predicted octanol–water partition coefficient (Wildman–Crippen LogP) is 8.17. The van der Waals surface area contributed by atoms with Crippen LogP contribution in [0.1, 0.15) is 70.6 Å². The molecule has 0 saturated carbocycles. The number of non-ortho nitro benzene ring substituents is 3. The Labute approximate surface area is 424 Å². The second kappa shape index (κ2) is 26.4. The third-order valence-corrected chi connectivity index (χ3v) is 15.5. The Morgan fingerprint density at radius 3 is 1.66 bits per heavy atom. The van der Waals surface area contributed by atoms with E-state index in [1.54, 1.807) is 33.6 Å². The molecule has 2 heterocycles. The monoisotopic (exact) mass is 1060 g/mol. The number of ether oxygens (including phenoxy) is 5. The minimum Gasteiger partial charge on any atom is -0.453 e. The van der Waals surface area contributed by atoms with Crippen LogP contribution in [0.4, 0.5) is 26.7 Å². The molecule has 0 aromatic heterocycles. The lowest BCUT2D eigenvalue weighted by Crippen LogP contribution is -2.88. The smallest absolute Gasteiger partial charge is 0.453 e. The third kappa shape index (κ3) is 13.0. The molecule has 2 saturated heterocycles. The number of morpholine rings is 1. The summed E-state index contributed by atoms with van der Waals surface area (Å²) in [4.78, 5) is 106. The van der Waals surface area contributed by atoms with Crippen molar-refractivity contribution in [2.75, 3.05) is 45.3 Å². The van der Waals surface area contributed by atoms with Crippen molar-refractivity contribution in [2.45, 2.75) is 91.4 Å². The number of thioether (sulfide) groups is 1. The van der Waals surface area contributed by atoms with Gasteiger partial charge in [-0.1, -0.05) is 39.5 Å². The van der Waals surface area contributed by atoms with E-state index in [9.17, 15) is 44.7 Å². The largest absolute Gasteiger partial charge is 0.508 e. The van der Waals surface area contributed by atoms with E-state index in [1.165, 1.54) is 84.6 Å². The molecule has 394 valence electrons. The van der Waals surface area contributed by atoms with E-state index in [0.29, 0.717) is 36.0 Å². The lowest BCUT2D eigenvalue weighted by Gasteiger charge is -2.62. The van der Waals surface area contributed by atoms with Gasteiger partial charge in [0.25, 0.3) is 17.1 Å². The van der Waals surface area contributed by atoms with Crippen molar-refractivity contribution in [3.05, 3.63) is 126 Å². The van der Waals surface area contributed by atoms with Crippen LogP contribution < -0.4 is 0 Å². The number of rotatable bonds is 26. The average molecular weight is 1060 g/mol. The first-order valence-electron chi connectivity index (χ1n) is 23.2. The van der Waals surface area contributed by atoms with E-state index in [2.05, 4.69) is 0 Å². The lowest BCUT2D eigenvalue weighted by atomic mass is 9.70. The molecular formula is C47H57N5O19PS+. The molecule has 26 heteroatoms. The van der Waals surface area contributed by atoms with E-state index in [-0.39, 0.29) is 62.4 Å². The summed E-state index contributed by atoms with van der Waals surface area (Å²) in [7, 11) is -4.36. The maximum Gasteiger partial charge on any atom is 0.508 e. The van der Waals surface area contributed by atoms with Gasteiger partial charge in [-0.25, -0.2) is 24.0 Å². The number of nitro benzene ring substituents is 3. The molecule has 0 radical (unpaired) electrons. The number of benzene rings is 3. The van der Waals surface area contributed by atoms with Gasteiger partial charge in [-0.3, -0.25) is 35.2 Å². The maximum absolute atomic E-state index is 16.3. The molecule has 0 N–H and O–H groups in total. The van der Waals surface area contributed by atoms with Crippen LogP contribution in [0.5, 0.6) is 0 Å². The molecule has 73 heavy (non-hydrogen) atoms. The van der Waals surface area contributed by atoms with E-state index in [1.807, 2.05) is 0 Å². The number of nitrogens with zero attached hydrogens (tertiary/aromatic N) is 5. The molecule has 2 fully saturated rings. The molecule has 24 nitrogen and oxygen atoms in total. The molecular weight excluding hydrogens is 1000 g/mol. The molecule has 3 aromatic carbocycles. The molecule has 5 atom stereocenters. The second-order valence-corrected chi connectivity index (χ2v) is 19.9. The topological polar surface area (TPSA) is 292 Å². The molecule has 2 amide bonds. The van der Waals surface area contributed by atoms with E-state index < -0.39 is 99.2 Å². The van der Waals surface area contributed by atoms with Crippen molar-refractivity contribution < 1.29 is 80.5 Å². The molecule has 2 aliphatic heterocycles. The van der Waals surface area contributed by atoms with E-state index in [4.69, 9.17) is 37.3 Å². The molecule has 0 spiro atoms. The summed E-state index contributed by atoms with van der Waals surface area (Å²) in [6.07, 6.45) is -3.35. The third-order valence-electron chi connectivity index (χ3n) is 11.5. The Kier molecular flexibility index (Phi) is 20.7. The first-order chi connectivity index (χ1) is 35.0. The van der Waals surface area contributed by atoms with Crippen molar-refractivity contribution in [1.29, 1.82) is 0 Å². The van der Waals surface area contributed by atoms with Crippen LogP contribution in [-0.4, -0.2) is 123 Å². The Hall–Kier alpha value is -6.56. The van der Waals surface area contributed by atoms with E-state index >= 15 is 9.59 Å². The fourth-order valence-corrected chi connectivity index (χ4v) is 12.5. The molecule has 0 bridgehead atoms. The highest BCUT2D eigenvalue weighted by molar-refractivity contribution is 7.99. The molecule has 2 aliphatic rings. The lowest BCUT2D eigenvalue weighted by molar-refractivity contribution is -0.870. The van der Waals surface area contributed by atoms with Crippen LogP contribution in [0.3, 0.4) is 0 Å². The number of carbonyl (C=O) groups is 4. The van der Waals surface area contributed by atoms with Crippen molar-refractivity contribution in [2.24, 2.45) is 5.41 Å². The summed E-state index contributed by atoms with van der Waals surface area (Å²) in [5.74, 6) is -0.296. The van der Waals surface area contributed by atoms with Crippen LogP contribution in [0.15, 0.2) is 78.9 Å². The summed E-state index contributed by atoms with van der Waals surface area (Å²) in [5, 5.41) is 32.5. The van der Waals surface area contributed by atoms with Gasteiger partial charge in [0.15, 0.2) is 5.37 Å². The summed E-state index contributed by atoms with van der Waals surface area (Å²) in [6, 6.07) is 15.7. The van der Waals surface area contributed by atoms with Crippen molar-refractivity contribution >= 4 is 71.9 Å². The standard InChI is InChI=1S/C47H57N5O19PS/c1-6-25-68-72(69-26-7-2,70-27-8-3)41(42(54)65-30-34-10-16-37(17-11-34)49(58)59)52(40-29-48(23-28-64-40)45(56)66-31-35-12-18-38(19-13-35)50(60)61)43(55)47(22-24-53,44(52)73-9-4)33(5)71-46(57)67-32-36-14-20-39(21-15-36)51(62)63/h10-22,33,40,44H,6-9,23,25-32H2,1-5H3/q+1. The van der Waals surface area contributed by atoms with Gasteiger partial charge < -0.3 is 37.3 Å². The quantitative estimate of drug-likeness (QED) is 0.0107. The summed E-state index contributed by atoms with van der Waals surface area (Å²) < 4.78 is 47.9. The van der Waals surface area contributed by atoms with Crippen molar-refractivity contribution in [3.8, 4) is 0 Å². The number of hydrogen-bond donors (Lipinski definition) is 0. The van der Waals surface area contributed by atoms with Crippen LogP contribution in [0.25, 0.3) is 0 Å². The molecule has 0 aliphatic carbocycles. The number of amides is 2. The maximum atomic E-state index is 16.3. The minimum atomic E-state index is -4.36. The molecule has 5 rings (SSSR count). The van der Waals surface area contributed by atoms with E-state index in [0.717, 1.165) is 17.8 Å². The zero-order valence-electron chi connectivity index (χ0n) is 40.8. The van der Waals surface area contributed by atoms with Crippen LogP contribution in [-0.2, 0) is 71.5 Å². The number of hydrogen-bond acceptors (Lipinski definition) is 20. The highest BCUT2D eigenvalue weighted by atomic mass is 32.2. The molecule has 5 unspecified atom stereocenters. The fourth-order valence-electron chi connectivity index (χ4n) is 8.01. The van der Waals surface area contributed by atoms with Gasteiger partial charge in [0.1, 0.15) is 38.4 Å². The van der Waals surface area contributed by atoms with Gasteiger partial charge in [0, 0.05) is 49.0 Å². The van der Waals surface area contributed by atoms with Gasteiger partial charge >= 0.3 is 37.1 Å². The van der Waals surface area contributed by atoms with Crippen molar-refractivity contribution in [3.63, 3.8) is 0 Å². The van der Waals surface area contributed by atoms with Gasteiger partial charge in [0.2, 0.25) is 11.6 Å².